The number of benzene rings is 2. The van der Waals surface area contributed by atoms with Crippen LogP contribution in [0.15, 0.2) is 54.7 Å². The van der Waals surface area contributed by atoms with Gasteiger partial charge in [0, 0.05) is 17.8 Å². The summed E-state index contributed by atoms with van der Waals surface area (Å²) in [7, 11) is 4.60. The van der Waals surface area contributed by atoms with Gasteiger partial charge in [-0.15, -0.1) is 0 Å². The average molecular weight is 397 g/mol. The molecule has 0 radical (unpaired) electrons. The van der Waals surface area contributed by atoms with Crippen LogP contribution in [-0.2, 0) is 0 Å². The van der Waals surface area contributed by atoms with Crippen molar-refractivity contribution >= 4 is 23.1 Å². The third kappa shape index (κ3) is 4.55. The maximum absolute atomic E-state index is 13.7. The van der Waals surface area contributed by atoms with Crippen LogP contribution in [0.2, 0.25) is 0 Å². The zero-order valence-corrected chi connectivity index (χ0v) is 16.2. The van der Waals surface area contributed by atoms with E-state index in [1.165, 1.54) is 45.7 Å². The molecule has 0 unspecified atom stereocenters. The van der Waals surface area contributed by atoms with Crippen molar-refractivity contribution in [2.75, 3.05) is 32.0 Å². The summed E-state index contributed by atoms with van der Waals surface area (Å²) in [5, 5.41) is 5.74. The Labute approximate surface area is 167 Å². The number of aromatic nitrogens is 1. The Balaban J connectivity index is 1.74. The standard InChI is InChI=1S/C21H20FN3O4/c1-27-17-10-14(11-18(28-2)20(17)29-3)24-19-9-8-13(12-23-19)25-21(26)15-6-4-5-7-16(15)22/h4-12H,1-3H3,(H,23,24)(H,25,26). The lowest BCUT2D eigenvalue weighted by molar-refractivity contribution is 0.102. The maximum atomic E-state index is 13.7. The average Bonchev–Trinajstić information content (AvgIpc) is 2.74. The molecule has 3 rings (SSSR count). The van der Waals surface area contributed by atoms with Crippen LogP contribution in [0, 0.1) is 5.82 Å². The Bertz CT molecular complexity index is 984. The summed E-state index contributed by atoms with van der Waals surface area (Å²) in [5.74, 6) is 0.892. The van der Waals surface area contributed by atoms with Crippen molar-refractivity contribution in [3.05, 3.63) is 66.1 Å². The van der Waals surface area contributed by atoms with E-state index in [4.69, 9.17) is 14.2 Å². The van der Waals surface area contributed by atoms with Gasteiger partial charge in [0.2, 0.25) is 5.75 Å². The smallest absolute Gasteiger partial charge is 0.258 e. The van der Waals surface area contributed by atoms with Crippen LogP contribution >= 0.6 is 0 Å². The molecule has 150 valence electrons. The second-order valence-electron chi connectivity index (χ2n) is 5.91. The highest BCUT2D eigenvalue weighted by Gasteiger charge is 2.14. The number of anilines is 3. The fourth-order valence-corrected chi connectivity index (χ4v) is 2.69. The van der Waals surface area contributed by atoms with Gasteiger partial charge >= 0.3 is 0 Å². The number of carbonyl (C=O) groups excluding carboxylic acids is 1. The van der Waals surface area contributed by atoms with E-state index in [2.05, 4.69) is 15.6 Å². The molecule has 8 heteroatoms. The first kappa shape index (κ1) is 19.9. The van der Waals surface area contributed by atoms with E-state index in [0.717, 1.165) is 0 Å². The van der Waals surface area contributed by atoms with Crippen molar-refractivity contribution in [2.24, 2.45) is 0 Å². The van der Waals surface area contributed by atoms with Crippen LogP contribution in [-0.4, -0.2) is 32.2 Å². The monoisotopic (exact) mass is 397 g/mol. The molecule has 2 N–H and O–H groups in total. The Kier molecular flexibility index (Phi) is 6.13. The summed E-state index contributed by atoms with van der Waals surface area (Å²) < 4.78 is 29.7. The van der Waals surface area contributed by atoms with Crippen molar-refractivity contribution in [1.82, 2.24) is 4.98 Å². The molecule has 0 aliphatic heterocycles. The first-order chi connectivity index (χ1) is 14.0. The summed E-state index contributed by atoms with van der Waals surface area (Å²) in [6.07, 6.45) is 1.47. The molecule has 1 heterocycles. The molecule has 0 aliphatic carbocycles. The van der Waals surface area contributed by atoms with Crippen LogP contribution < -0.4 is 24.8 Å². The zero-order chi connectivity index (χ0) is 20.8. The molecule has 1 aromatic heterocycles. The largest absolute Gasteiger partial charge is 0.493 e. The highest BCUT2D eigenvalue weighted by atomic mass is 19.1. The Morgan fingerprint density at radius 3 is 2.17 bits per heavy atom. The van der Waals surface area contributed by atoms with E-state index in [1.54, 1.807) is 30.3 Å². The quantitative estimate of drug-likeness (QED) is 0.621. The maximum Gasteiger partial charge on any atom is 0.258 e. The fourth-order valence-electron chi connectivity index (χ4n) is 2.69. The highest BCUT2D eigenvalue weighted by molar-refractivity contribution is 6.04. The van der Waals surface area contributed by atoms with Gasteiger partial charge in [0.05, 0.1) is 38.8 Å². The predicted octanol–water partition coefficient (Wildman–Crippen LogP) is 4.24. The number of halogens is 1. The summed E-state index contributed by atoms with van der Waals surface area (Å²) in [6, 6.07) is 12.6. The Morgan fingerprint density at radius 1 is 0.931 bits per heavy atom. The van der Waals surface area contributed by atoms with E-state index in [0.29, 0.717) is 34.4 Å². The second-order valence-corrected chi connectivity index (χ2v) is 5.91. The number of rotatable bonds is 7. The number of nitrogens with one attached hydrogen (secondary N) is 2. The lowest BCUT2D eigenvalue weighted by Gasteiger charge is -2.15. The van der Waals surface area contributed by atoms with Gasteiger partial charge in [-0.25, -0.2) is 9.37 Å². The van der Waals surface area contributed by atoms with Crippen LogP contribution in [0.1, 0.15) is 10.4 Å². The van der Waals surface area contributed by atoms with E-state index >= 15 is 0 Å². The van der Waals surface area contributed by atoms with E-state index in [-0.39, 0.29) is 5.56 Å². The number of ether oxygens (including phenoxy) is 3. The van der Waals surface area contributed by atoms with Crippen LogP contribution in [0.25, 0.3) is 0 Å². The second kappa shape index (κ2) is 8.92. The summed E-state index contributed by atoms with van der Waals surface area (Å²) in [5.41, 5.74) is 1.08. The highest BCUT2D eigenvalue weighted by Crippen LogP contribution is 2.40. The molecule has 0 spiro atoms. The minimum absolute atomic E-state index is 0.0351. The Morgan fingerprint density at radius 2 is 1.62 bits per heavy atom. The molecule has 0 saturated carbocycles. The van der Waals surface area contributed by atoms with E-state index in [1.807, 2.05) is 0 Å². The van der Waals surface area contributed by atoms with Gasteiger partial charge in [0.1, 0.15) is 11.6 Å². The number of hydrogen-bond donors (Lipinski definition) is 2. The molecule has 1 amide bonds. The van der Waals surface area contributed by atoms with Crippen LogP contribution in [0.3, 0.4) is 0 Å². The van der Waals surface area contributed by atoms with Crippen molar-refractivity contribution in [1.29, 1.82) is 0 Å². The molecule has 0 saturated heterocycles. The SMILES string of the molecule is COc1cc(Nc2ccc(NC(=O)c3ccccc3F)cn2)cc(OC)c1OC. The third-order valence-electron chi connectivity index (χ3n) is 4.08. The first-order valence-corrected chi connectivity index (χ1v) is 8.64. The van der Waals surface area contributed by atoms with Gasteiger partial charge in [0.15, 0.2) is 11.5 Å². The molecule has 3 aromatic rings. The lowest BCUT2D eigenvalue weighted by Crippen LogP contribution is -2.13. The molecule has 7 nitrogen and oxygen atoms in total. The number of carbonyl (C=O) groups is 1. The third-order valence-corrected chi connectivity index (χ3v) is 4.08. The number of nitrogens with zero attached hydrogens (tertiary/aromatic N) is 1. The molecular formula is C21H20FN3O4. The van der Waals surface area contributed by atoms with Crippen molar-refractivity contribution in [2.45, 2.75) is 0 Å². The van der Waals surface area contributed by atoms with Gasteiger partial charge in [-0.2, -0.15) is 0 Å². The normalized spacial score (nSPS) is 10.2. The summed E-state index contributed by atoms with van der Waals surface area (Å²) >= 11 is 0. The van der Waals surface area contributed by atoms with E-state index < -0.39 is 11.7 Å². The van der Waals surface area contributed by atoms with Crippen molar-refractivity contribution in [3.8, 4) is 17.2 Å². The molecule has 2 aromatic carbocycles. The molecular weight excluding hydrogens is 377 g/mol. The van der Waals surface area contributed by atoms with Gasteiger partial charge in [-0.3, -0.25) is 4.79 Å². The molecule has 0 aliphatic rings. The lowest BCUT2D eigenvalue weighted by atomic mass is 10.2. The van der Waals surface area contributed by atoms with Crippen LogP contribution in [0.4, 0.5) is 21.6 Å². The summed E-state index contributed by atoms with van der Waals surface area (Å²) in [6.45, 7) is 0. The number of hydrogen-bond acceptors (Lipinski definition) is 6. The first-order valence-electron chi connectivity index (χ1n) is 8.64. The minimum atomic E-state index is -0.585. The van der Waals surface area contributed by atoms with Gasteiger partial charge in [-0.1, -0.05) is 12.1 Å². The molecule has 29 heavy (non-hydrogen) atoms. The number of methoxy groups -OCH3 is 3. The van der Waals surface area contributed by atoms with Crippen molar-refractivity contribution in [3.63, 3.8) is 0 Å². The predicted molar refractivity (Wildman–Crippen MR) is 108 cm³/mol. The van der Waals surface area contributed by atoms with Crippen molar-refractivity contribution < 1.29 is 23.4 Å². The minimum Gasteiger partial charge on any atom is -0.493 e. The van der Waals surface area contributed by atoms with Crippen LogP contribution in [0.5, 0.6) is 17.2 Å². The summed E-state index contributed by atoms with van der Waals surface area (Å²) in [4.78, 5) is 16.4. The topological polar surface area (TPSA) is 81.7 Å². The number of amides is 1. The Hall–Kier alpha value is -3.81. The molecule has 0 atom stereocenters. The molecule has 0 bridgehead atoms. The number of pyridine rings is 1. The van der Waals surface area contributed by atoms with E-state index in [9.17, 15) is 9.18 Å². The zero-order valence-electron chi connectivity index (χ0n) is 16.2. The van der Waals surface area contributed by atoms with Gasteiger partial charge < -0.3 is 24.8 Å². The van der Waals surface area contributed by atoms with Gasteiger partial charge in [-0.05, 0) is 24.3 Å². The van der Waals surface area contributed by atoms with Gasteiger partial charge in [0.25, 0.3) is 5.91 Å². The molecule has 0 fully saturated rings. The fraction of sp³-hybridized carbons (Fsp3) is 0.143.